The van der Waals surface area contributed by atoms with Gasteiger partial charge in [0.25, 0.3) is 0 Å². The van der Waals surface area contributed by atoms with Crippen LogP contribution in [0, 0.1) is 0 Å². The fraction of sp³-hybridized carbons (Fsp3) is 0.429. The van der Waals surface area contributed by atoms with Crippen LogP contribution in [0.1, 0.15) is 25.8 Å². The number of aromatic nitrogens is 1. The molecule has 0 spiro atoms. The number of ether oxygens (including phenoxy) is 2. The Kier molecular flexibility index (Phi) is 9.07. The first-order valence-electron chi connectivity index (χ1n) is 10.0. The lowest BCUT2D eigenvalue weighted by Gasteiger charge is -2.19. The Labute approximate surface area is 183 Å². The lowest BCUT2D eigenvalue weighted by Crippen LogP contribution is -2.30. The van der Waals surface area contributed by atoms with Crippen LogP contribution in [-0.2, 0) is 21.4 Å². The predicted molar refractivity (Wildman–Crippen MR) is 119 cm³/mol. The van der Waals surface area contributed by atoms with Gasteiger partial charge >= 0.3 is 0 Å². The molecule has 1 aromatic heterocycles. The monoisotopic (exact) mass is 450 g/mol. The highest BCUT2D eigenvalue weighted by Gasteiger charge is 2.17. The van der Waals surface area contributed by atoms with Crippen molar-refractivity contribution >= 4 is 21.7 Å². The van der Waals surface area contributed by atoms with Crippen molar-refractivity contribution in [2.24, 2.45) is 0 Å². The van der Waals surface area contributed by atoms with Gasteiger partial charge in [0.2, 0.25) is 15.9 Å². The number of pyridine rings is 1. The van der Waals surface area contributed by atoms with E-state index in [-0.39, 0.29) is 23.8 Å². The molecule has 0 saturated carbocycles. The van der Waals surface area contributed by atoms with Gasteiger partial charge in [0.15, 0.2) is 11.5 Å². The van der Waals surface area contributed by atoms with Crippen molar-refractivity contribution in [1.82, 2.24) is 15.0 Å². The van der Waals surface area contributed by atoms with Crippen molar-refractivity contribution in [2.45, 2.75) is 31.7 Å². The number of carbonyl (C=O) groups excluding carboxylic acids is 1. The van der Waals surface area contributed by atoms with Crippen LogP contribution in [0.15, 0.2) is 41.4 Å². The lowest BCUT2D eigenvalue weighted by molar-refractivity contribution is -0.121. The molecule has 2 N–H and O–H groups in total. The normalized spacial score (nSPS) is 11.1. The van der Waals surface area contributed by atoms with E-state index in [0.717, 1.165) is 24.5 Å². The summed E-state index contributed by atoms with van der Waals surface area (Å²) in [6.45, 7) is 6.18. The summed E-state index contributed by atoms with van der Waals surface area (Å²) in [5.41, 5.74) is 0.871. The van der Waals surface area contributed by atoms with Crippen LogP contribution in [0.25, 0.3) is 0 Å². The van der Waals surface area contributed by atoms with Crippen molar-refractivity contribution in [2.75, 3.05) is 38.8 Å². The van der Waals surface area contributed by atoms with Crippen LogP contribution in [-0.4, -0.2) is 53.2 Å². The third-order valence-electron chi connectivity index (χ3n) is 4.70. The maximum Gasteiger partial charge on any atom is 0.240 e. The van der Waals surface area contributed by atoms with Gasteiger partial charge < -0.3 is 19.7 Å². The molecule has 1 heterocycles. The van der Waals surface area contributed by atoms with Gasteiger partial charge in [-0.3, -0.25) is 4.79 Å². The Morgan fingerprint density at radius 1 is 1.06 bits per heavy atom. The molecule has 0 bridgehead atoms. The Morgan fingerprint density at radius 2 is 1.77 bits per heavy atom. The maximum atomic E-state index is 12.4. The number of methoxy groups -OCH3 is 2. The summed E-state index contributed by atoms with van der Waals surface area (Å²) in [4.78, 5) is 18.7. The number of anilines is 1. The van der Waals surface area contributed by atoms with E-state index in [4.69, 9.17) is 9.47 Å². The maximum absolute atomic E-state index is 12.4. The van der Waals surface area contributed by atoms with Crippen molar-refractivity contribution in [1.29, 1.82) is 0 Å². The fourth-order valence-corrected chi connectivity index (χ4v) is 3.96. The number of nitrogens with one attached hydrogen (secondary N) is 2. The molecule has 1 aromatic carbocycles. The second kappa shape index (κ2) is 11.5. The molecular formula is C21H30N4O5S. The standard InChI is InChI=1S/C21H30N4O5S/c1-5-25(6-2)20-10-7-16(14-22-20)15-23-21(26)11-12-24-31(27,28)17-8-9-18(29-3)19(13-17)30-4/h7-10,13-14,24H,5-6,11-12,15H2,1-4H3,(H,23,26). The second-order valence-corrected chi connectivity index (χ2v) is 8.41. The molecule has 10 heteroatoms. The first-order chi connectivity index (χ1) is 14.8. The molecule has 0 fully saturated rings. The number of nitrogens with zero attached hydrogens (tertiary/aromatic N) is 2. The minimum atomic E-state index is -3.78. The Balaban J connectivity index is 1.83. The summed E-state index contributed by atoms with van der Waals surface area (Å²) in [6, 6.07) is 8.14. The minimum Gasteiger partial charge on any atom is -0.493 e. The topological polar surface area (TPSA) is 110 Å². The second-order valence-electron chi connectivity index (χ2n) is 6.64. The molecule has 2 aromatic rings. The van der Waals surface area contributed by atoms with Gasteiger partial charge in [-0.05, 0) is 37.6 Å². The highest BCUT2D eigenvalue weighted by atomic mass is 32.2. The summed E-state index contributed by atoms with van der Waals surface area (Å²) in [7, 11) is -0.879. The number of sulfonamides is 1. The van der Waals surface area contributed by atoms with Gasteiger partial charge in [-0.15, -0.1) is 0 Å². The summed E-state index contributed by atoms with van der Waals surface area (Å²) >= 11 is 0. The zero-order valence-electron chi connectivity index (χ0n) is 18.3. The average Bonchev–Trinajstić information content (AvgIpc) is 2.78. The molecule has 2 rings (SSSR count). The molecule has 9 nitrogen and oxygen atoms in total. The van der Waals surface area contributed by atoms with Gasteiger partial charge in [-0.25, -0.2) is 18.1 Å². The summed E-state index contributed by atoms with van der Waals surface area (Å²) in [5, 5.41) is 2.77. The number of hydrogen-bond acceptors (Lipinski definition) is 7. The first-order valence-corrected chi connectivity index (χ1v) is 11.5. The summed E-state index contributed by atoms with van der Waals surface area (Å²) < 4.78 is 37.6. The Bertz CT molecular complexity index is 960. The molecule has 170 valence electrons. The van der Waals surface area contributed by atoms with E-state index < -0.39 is 10.0 Å². The van der Waals surface area contributed by atoms with Gasteiger partial charge in [0, 0.05) is 44.9 Å². The van der Waals surface area contributed by atoms with E-state index in [0.29, 0.717) is 18.0 Å². The van der Waals surface area contributed by atoms with E-state index in [9.17, 15) is 13.2 Å². The molecule has 0 unspecified atom stereocenters. The number of carbonyl (C=O) groups is 1. The van der Waals surface area contributed by atoms with Crippen molar-refractivity contribution in [3.05, 3.63) is 42.1 Å². The van der Waals surface area contributed by atoms with E-state index >= 15 is 0 Å². The highest BCUT2D eigenvalue weighted by molar-refractivity contribution is 7.89. The zero-order valence-corrected chi connectivity index (χ0v) is 19.2. The summed E-state index contributed by atoms with van der Waals surface area (Å²) in [5.74, 6) is 1.37. The number of hydrogen-bond donors (Lipinski definition) is 2. The fourth-order valence-electron chi connectivity index (χ4n) is 2.91. The van der Waals surface area contributed by atoms with Gasteiger partial charge in [0.05, 0.1) is 19.1 Å². The number of amides is 1. The molecule has 0 radical (unpaired) electrons. The highest BCUT2D eigenvalue weighted by Crippen LogP contribution is 2.29. The number of rotatable bonds is 12. The van der Waals surface area contributed by atoms with E-state index in [1.165, 1.54) is 32.4 Å². The Morgan fingerprint density at radius 3 is 2.35 bits per heavy atom. The van der Waals surface area contributed by atoms with Crippen LogP contribution < -0.4 is 24.4 Å². The van der Waals surface area contributed by atoms with Crippen LogP contribution in [0.5, 0.6) is 11.5 Å². The van der Waals surface area contributed by atoms with Crippen molar-refractivity contribution in [3.63, 3.8) is 0 Å². The smallest absolute Gasteiger partial charge is 0.240 e. The van der Waals surface area contributed by atoms with E-state index in [1.807, 2.05) is 12.1 Å². The van der Waals surface area contributed by atoms with Gasteiger partial charge in [0.1, 0.15) is 5.82 Å². The van der Waals surface area contributed by atoms with Crippen LogP contribution in [0.4, 0.5) is 5.82 Å². The number of benzene rings is 1. The molecule has 0 aliphatic heterocycles. The lowest BCUT2D eigenvalue weighted by atomic mass is 10.2. The van der Waals surface area contributed by atoms with Crippen molar-refractivity contribution < 1.29 is 22.7 Å². The van der Waals surface area contributed by atoms with Gasteiger partial charge in [-0.1, -0.05) is 6.07 Å². The molecular weight excluding hydrogens is 420 g/mol. The molecule has 0 saturated heterocycles. The molecule has 31 heavy (non-hydrogen) atoms. The third kappa shape index (κ3) is 6.83. The van der Waals surface area contributed by atoms with Gasteiger partial charge in [-0.2, -0.15) is 0 Å². The zero-order chi connectivity index (χ0) is 22.9. The van der Waals surface area contributed by atoms with Crippen LogP contribution >= 0.6 is 0 Å². The molecule has 0 aliphatic rings. The Hall–Kier alpha value is -2.85. The quantitative estimate of drug-likeness (QED) is 0.508. The third-order valence-corrected chi connectivity index (χ3v) is 6.15. The van der Waals surface area contributed by atoms with E-state index in [1.54, 1.807) is 6.20 Å². The largest absolute Gasteiger partial charge is 0.493 e. The molecule has 0 atom stereocenters. The predicted octanol–water partition coefficient (Wildman–Crippen LogP) is 1.93. The van der Waals surface area contributed by atoms with E-state index in [2.05, 4.69) is 33.8 Å². The SMILES string of the molecule is CCN(CC)c1ccc(CNC(=O)CCNS(=O)(=O)c2ccc(OC)c(OC)c2)cn1. The van der Waals surface area contributed by atoms with Crippen molar-refractivity contribution in [3.8, 4) is 11.5 Å². The van der Waals surface area contributed by atoms with Crippen LogP contribution in [0.2, 0.25) is 0 Å². The molecule has 1 amide bonds. The van der Waals surface area contributed by atoms with Crippen LogP contribution in [0.3, 0.4) is 0 Å². The first kappa shape index (κ1) is 24.4. The minimum absolute atomic E-state index is 0.0114. The molecule has 0 aliphatic carbocycles. The summed E-state index contributed by atoms with van der Waals surface area (Å²) in [6.07, 6.45) is 1.74. The average molecular weight is 451 g/mol.